The summed E-state index contributed by atoms with van der Waals surface area (Å²) in [5, 5.41) is 9.00. The third kappa shape index (κ3) is 4.64. The van der Waals surface area contributed by atoms with E-state index in [1.54, 1.807) is 0 Å². The number of hydrogen-bond donors (Lipinski definition) is 1. The van der Waals surface area contributed by atoms with E-state index in [1.807, 2.05) is 6.92 Å². The summed E-state index contributed by atoms with van der Waals surface area (Å²) in [4.78, 5) is 13.3. The molecule has 0 bridgehead atoms. The van der Waals surface area contributed by atoms with Crippen LogP contribution in [0.25, 0.3) is 0 Å². The lowest BCUT2D eigenvalue weighted by Gasteiger charge is -2.36. The average Bonchev–Trinajstić information content (AvgIpc) is 2.25. The number of carboxylic acids is 1. The number of likely N-dealkylation sites (tertiary alicyclic amines) is 1. The molecule has 3 unspecified atom stereocenters. The summed E-state index contributed by atoms with van der Waals surface area (Å²) in [6.45, 7) is 8.72. The van der Waals surface area contributed by atoms with Gasteiger partial charge >= 0.3 is 5.97 Å². The summed E-state index contributed by atoms with van der Waals surface area (Å²) in [6.07, 6.45) is 2.37. The number of nitrogens with zero attached hydrogens (tertiary/aromatic N) is 1. The van der Waals surface area contributed by atoms with E-state index in [-0.39, 0.29) is 0 Å². The molecule has 3 atom stereocenters. The number of aliphatic carboxylic acids is 1. The van der Waals surface area contributed by atoms with Crippen molar-refractivity contribution in [3.05, 3.63) is 0 Å². The van der Waals surface area contributed by atoms with Crippen LogP contribution in [-0.4, -0.2) is 47.8 Å². The maximum Gasteiger partial charge on any atom is 0.332 e. The molecule has 0 aromatic heterocycles. The normalized spacial score (nSPS) is 27.9. The number of ether oxygens (including phenoxy) is 1. The molecule has 0 amide bonds. The minimum atomic E-state index is -0.843. The van der Waals surface area contributed by atoms with Gasteiger partial charge in [0.05, 0.1) is 0 Å². The van der Waals surface area contributed by atoms with Crippen molar-refractivity contribution in [1.82, 2.24) is 4.90 Å². The number of piperidine rings is 1. The van der Waals surface area contributed by atoms with Gasteiger partial charge in [0.25, 0.3) is 0 Å². The Hall–Kier alpha value is -0.610. The standard InChI is InChI=1S/C13H25NO3/c1-4-17-12(13(15)16)6-8-14-7-5-10(2)9-11(14)3/h10-12H,4-9H2,1-3H3,(H,15,16). The van der Waals surface area contributed by atoms with Gasteiger partial charge in [-0.15, -0.1) is 0 Å². The fourth-order valence-electron chi connectivity index (χ4n) is 2.55. The molecular weight excluding hydrogens is 218 g/mol. The van der Waals surface area contributed by atoms with Gasteiger partial charge in [-0.2, -0.15) is 0 Å². The largest absolute Gasteiger partial charge is 0.479 e. The molecule has 1 heterocycles. The lowest BCUT2D eigenvalue weighted by molar-refractivity contribution is -0.150. The maximum atomic E-state index is 11.0. The van der Waals surface area contributed by atoms with Crippen LogP contribution in [0.3, 0.4) is 0 Å². The van der Waals surface area contributed by atoms with Crippen LogP contribution in [0, 0.1) is 5.92 Å². The Labute approximate surface area is 104 Å². The Balaban J connectivity index is 2.35. The fourth-order valence-corrected chi connectivity index (χ4v) is 2.55. The topological polar surface area (TPSA) is 49.8 Å². The van der Waals surface area contributed by atoms with Crippen LogP contribution in [0.5, 0.6) is 0 Å². The molecule has 1 fully saturated rings. The number of rotatable bonds is 6. The molecule has 0 aromatic rings. The highest BCUT2D eigenvalue weighted by Crippen LogP contribution is 2.22. The van der Waals surface area contributed by atoms with Crippen LogP contribution in [-0.2, 0) is 9.53 Å². The Morgan fingerprint density at radius 3 is 2.76 bits per heavy atom. The first kappa shape index (κ1) is 14.5. The van der Waals surface area contributed by atoms with E-state index in [9.17, 15) is 4.79 Å². The van der Waals surface area contributed by atoms with Crippen molar-refractivity contribution in [2.24, 2.45) is 5.92 Å². The average molecular weight is 243 g/mol. The summed E-state index contributed by atoms with van der Waals surface area (Å²) in [5.41, 5.74) is 0. The van der Waals surface area contributed by atoms with Crippen molar-refractivity contribution in [3.8, 4) is 0 Å². The molecule has 4 heteroatoms. The molecule has 0 spiro atoms. The molecule has 1 saturated heterocycles. The van der Waals surface area contributed by atoms with Gasteiger partial charge in [-0.1, -0.05) is 6.92 Å². The van der Waals surface area contributed by atoms with Crippen molar-refractivity contribution in [3.63, 3.8) is 0 Å². The predicted octanol–water partition coefficient (Wildman–Crippen LogP) is 1.99. The number of carbonyl (C=O) groups is 1. The van der Waals surface area contributed by atoms with Crippen LogP contribution >= 0.6 is 0 Å². The number of carboxylic acid groups (broad SMARTS) is 1. The lowest BCUT2D eigenvalue weighted by atomic mass is 9.93. The predicted molar refractivity (Wildman–Crippen MR) is 67.1 cm³/mol. The van der Waals surface area contributed by atoms with E-state index in [4.69, 9.17) is 9.84 Å². The van der Waals surface area contributed by atoms with Gasteiger partial charge in [0.15, 0.2) is 6.10 Å². The first-order valence-electron chi connectivity index (χ1n) is 6.63. The number of hydrogen-bond acceptors (Lipinski definition) is 3. The van der Waals surface area contributed by atoms with E-state index in [0.29, 0.717) is 19.1 Å². The van der Waals surface area contributed by atoms with E-state index in [2.05, 4.69) is 18.7 Å². The lowest BCUT2D eigenvalue weighted by Crippen LogP contribution is -2.42. The van der Waals surface area contributed by atoms with Gasteiger partial charge in [0, 0.05) is 19.2 Å². The molecule has 0 aromatic carbocycles. The zero-order valence-electron chi connectivity index (χ0n) is 11.2. The summed E-state index contributed by atoms with van der Waals surface area (Å²) in [5.74, 6) is -0.0479. The molecule has 0 saturated carbocycles. The molecule has 17 heavy (non-hydrogen) atoms. The first-order chi connectivity index (χ1) is 8.04. The minimum absolute atomic E-state index is 0.462. The van der Waals surface area contributed by atoms with Crippen LogP contribution in [0.4, 0.5) is 0 Å². The Morgan fingerprint density at radius 2 is 2.24 bits per heavy atom. The Bertz CT molecular complexity index is 245. The van der Waals surface area contributed by atoms with Gasteiger partial charge in [-0.25, -0.2) is 4.79 Å². The van der Waals surface area contributed by atoms with Crippen molar-refractivity contribution in [2.75, 3.05) is 19.7 Å². The van der Waals surface area contributed by atoms with E-state index < -0.39 is 12.1 Å². The second-order valence-electron chi connectivity index (χ2n) is 5.09. The minimum Gasteiger partial charge on any atom is -0.479 e. The van der Waals surface area contributed by atoms with Gasteiger partial charge in [-0.3, -0.25) is 0 Å². The maximum absolute atomic E-state index is 11.0. The monoisotopic (exact) mass is 243 g/mol. The second-order valence-corrected chi connectivity index (χ2v) is 5.09. The van der Waals surface area contributed by atoms with Crippen molar-refractivity contribution in [1.29, 1.82) is 0 Å². The third-order valence-corrected chi connectivity index (χ3v) is 3.60. The summed E-state index contributed by atoms with van der Waals surface area (Å²) in [7, 11) is 0. The van der Waals surface area contributed by atoms with E-state index in [0.717, 1.165) is 19.0 Å². The van der Waals surface area contributed by atoms with E-state index in [1.165, 1.54) is 12.8 Å². The highest BCUT2D eigenvalue weighted by Gasteiger charge is 2.25. The highest BCUT2D eigenvalue weighted by molar-refractivity contribution is 5.72. The van der Waals surface area contributed by atoms with E-state index >= 15 is 0 Å². The molecule has 1 aliphatic heterocycles. The smallest absolute Gasteiger partial charge is 0.332 e. The third-order valence-electron chi connectivity index (χ3n) is 3.60. The molecule has 0 aliphatic carbocycles. The molecule has 100 valence electrons. The van der Waals surface area contributed by atoms with Crippen LogP contribution < -0.4 is 0 Å². The summed E-state index contributed by atoms with van der Waals surface area (Å²) in [6, 6.07) is 0.565. The quantitative estimate of drug-likeness (QED) is 0.775. The van der Waals surface area contributed by atoms with Crippen molar-refractivity contribution >= 4 is 5.97 Å². The van der Waals surface area contributed by atoms with Gasteiger partial charge in [0.1, 0.15) is 0 Å². The molecule has 1 aliphatic rings. The van der Waals surface area contributed by atoms with Crippen molar-refractivity contribution in [2.45, 2.75) is 52.2 Å². The van der Waals surface area contributed by atoms with Crippen molar-refractivity contribution < 1.29 is 14.6 Å². The molecule has 0 radical (unpaired) electrons. The molecular formula is C13H25NO3. The van der Waals surface area contributed by atoms with Gasteiger partial charge in [-0.05, 0) is 45.6 Å². The van der Waals surface area contributed by atoms with Gasteiger partial charge < -0.3 is 14.7 Å². The Kier molecular flexibility index (Phi) is 5.92. The fraction of sp³-hybridized carbons (Fsp3) is 0.923. The molecule has 4 nitrogen and oxygen atoms in total. The van der Waals surface area contributed by atoms with Crippen LogP contribution in [0.1, 0.15) is 40.0 Å². The SMILES string of the molecule is CCOC(CCN1CCC(C)CC1C)C(=O)O. The second kappa shape index (κ2) is 6.97. The van der Waals surface area contributed by atoms with Crippen LogP contribution in [0.2, 0.25) is 0 Å². The zero-order valence-corrected chi connectivity index (χ0v) is 11.2. The summed E-state index contributed by atoms with van der Waals surface area (Å²) >= 11 is 0. The summed E-state index contributed by atoms with van der Waals surface area (Å²) < 4.78 is 5.22. The van der Waals surface area contributed by atoms with Crippen LogP contribution in [0.15, 0.2) is 0 Å². The highest BCUT2D eigenvalue weighted by atomic mass is 16.5. The Morgan fingerprint density at radius 1 is 1.53 bits per heavy atom. The zero-order chi connectivity index (χ0) is 12.8. The first-order valence-corrected chi connectivity index (χ1v) is 6.63. The van der Waals surface area contributed by atoms with Gasteiger partial charge in [0.2, 0.25) is 0 Å². The molecule has 1 rings (SSSR count). The molecule has 1 N–H and O–H groups in total.